The van der Waals surface area contributed by atoms with Crippen molar-refractivity contribution >= 4 is 17.9 Å². The molecule has 5 nitrogen and oxygen atoms in total. The summed E-state index contributed by atoms with van der Waals surface area (Å²) in [7, 11) is 3.98. The Kier molecular flexibility index (Phi) is 3.68. The first-order valence-electron chi connectivity index (χ1n) is 4.49. The molecule has 4 N–H and O–H groups in total. The summed E-state index contributed by atoms with van der Waals surface area (Å²) in [5, 5.41) is 7.22. The van der Waals surface area contributed by atoms with Crippen molar-refractivity contribution in [1.82, 2.24) is 0 Å². The zero-order chi connectivity index (χ0) is 11.3. The van der Waals surface area contributed by atoms with Crippen LogP contribution in [0.25, 0.3) is 0 Å². The Bertz CT molecular complexity index is 360. The Morgan fingerprint density at radius 2 is 1.80 bits per heavy atom. The predicted octanol–water partition coefficient (Wildman–Crippen LogP) is 0.360. The third kappa shape index (κ3) is 3.68. The van der Waals surface area contributed by atoms with Gasteiger partial charge >= 0.3 is 0 Å². The second-order valence-electron chi connectivity index (χ2n) is 3.26. The number of benzene rings is 1. The third-order valence-electron chi connectivity index (χ3n) is 1.79. The van der Waals surface area contributed by atoms with Crippen molar-refractivity contribution in [2.24, 2.45) is 21.7 Å². The van der Waals surface area contributed by atoms with Gasteiger partial charge in [0.25, 0.3) is 0 Å². The molecule has 5 heteroatoms. The lowest BCUT2D eigenvalue weighted by Crippen LogP contribution is -2.21. The predicted molar refractivity (Wildman–Crippen MR) is 64.2 cm³/mol. The summed E-state index contributed by atoms with van der Waals surface area (Å²) < 4.78 is 0. The lowest BCUT2D eigenvalue weighted by atomic mass is 10.2. The number of guanidine groups is 1. The fourth-order valence-electron chi connectivity index (χ4n) is 1.02. The van der Waals surface area contributed by atoms with Crippen molar-refractivity contribution in [2.45, 2.75) is 0 Å². The van der Waals surface area contributed by atoms with Crippen LogP contribution in [0.15, 0.2) is 34.5 Å². The van der Waals surface area contributed by atoms with Gasteiger partial charge in [0.2, 0.25) is 5.96 Å². The van der Waals surface area contributed by atoms with Gasteiger partial charge < -0.3 is 16.4 Å². The van der Waals surface area contributed by atoms with E-state index in [1.165, 1.54) is 0 Å². The molecule has 0 unspecified atom stereocenters. The first kappa shape index (κ1) is 11.0. The highest BCUT2D eigenvalue weighted by molar-refractivity contribution is 5.82. The molecule has 0 aliphatic rings. The molecule has 0 fully saturated rings. The molecule has 0 amide bonds. The molecule has 0 aromatic heterocycles. The lowest BCUT2D eigenvalue weighted by Gasteiger charge is -2.11. The molecule has 1 aromatic rings. The fourth-order valence-corrected chi connectivity index (χ4v) is 1.02. The van der Waals surface area contributed by atoms with E-state index < -0.39 is 0 Å². The normalized spacial score (nSPS) is 10.3. The molecule has 15 heavy (non-hydrogen) atoms. The van der Waals surface area contributed by atoms with Crippen molar-refractivity contribution in [1.29, 1.82) is 0 Å². The van der Waals surface area contributed by atoms with E-state index in [2.05, 4.69) is 10.2 Å². The number of nitrogens with two attached hydrogens (primary N) is 2. The van der Waals surface area contributed by atoms with Crippen LogP contribution in [0, 0.1) is 0 Å². The van der Waals surface area contributed by atoms with Crippen LogP contribution in [0.4, 0.5) is 5.69 Å². The molecule has 0 aliphatic carbocycles. The van der Waals surface area contributed by atoms with Gasteiger partial charge in [-0.1, -0.05) is 12.1 Å². The minimum absolute atomic E-state index is 0.0452. The molecule has 80 valence electrons. The van der Waals surface area contributed by atoms with Crippen LogP contribution < -0.4 is 16.4 Å². The van der Waals surface area contributed by atoms with Crippen LogP contribution in [-0.4, -0.2) is 26.3 Å². The van der Waals surface area contributed by atoms with Crippen LogP contribution in [-0.2, 0) is 0 Å². The van der Waals surface area contributed by atoms with Gasteiger partial charge in [0.05, 0.1) is 6.21 Å². The fraction of sp³-hybridized carbons (Fsp3) is 0.200. The molecule has 0 saturated carbocycles. The lowest BCUT2D eigenvalue weighted by molar-refractivity contribution is 1.13. The van der Waals surface area contributed by atoms with Crippen LogP contribution in [0.3, 0.4) is 0 Å². The highest BCUT2D eigenvalue weighted by Crippen LogP contribution is 2.10. The second kappa shape index (κ2) is 4.99. The van der Waals surface area contributed by atoms with Crippen molar-refractivity contribution in [2.75, 3.05) is 19.0 Å². The average molecular weight is 205 g/mol. The molecular formula is C10H15N5. The smallest absolute Gasteiger partial charge is 0.211 e. The number of rotatable bonds is 3. The van der Waals surface area contributed by atoms with Gasteiger partial charge in [-0.2, -0.15) is 5.10 Å². The summed E-state index contributed by atoms with van der Waals surface area (Å²) in [4.78, 5) is 2.02. The summed E-state index contributed by atoms with van der Waals surface area (Å²) in [5.74, 6) is -0.0452. The minimum Gasteiger partial charge on any atom is -0.378 e. The van der Waals surface area contributed by atoms with E-state index in [0.717, 1.165) is 11.3 Å². The summed E-state index contributed by atoms with van der Waals surface area (Å²) in [6.45, 7) is 0. The highest BCUT2D eigenvalue weighted by Gasteiger charge is 1.93. The van der Waals surface area contributed by atoms with E-state index in [-0.39, 0.29) is 5.96 Å². The number of nitrogens with zero attached hydrogens (tertiary/aromatic N) is 3. The van der Waals surface area contributed by atoms with Crippen molar-refractivity contribution in [3.05, 3.63) is 29.8 Å². The highest BCUT2D eigenvalue weighted by atomic mass is 15.3. The van der Waals surface area contributed by atoms with Crippen molar-refractivity contribution in [3.8, 4) is 0 Å². The maximum Gasteiger partial charge on any atom is 0.211 e. The van der Waals surface area contributed by atoms with E-state index in [0.29, 0.717) is 0 Å². The maximum atomic E-state index is 5.13. The Morgan fingerprint density at radius 1 is 1.20 bits per heavy atom. The standard InChI is InChI=1S/C10H15N5/c1-15(2)9-5-3-8(4-6-9)7-13-14-10(11)12/h3-7H,1-2H3,(H4,11,12,14)/b13-7-. The molecule has 1 rings (SSSR count). The molecule has 0 heterocycles. The van der Waals surface area contributed by atoms with Gasteiger partial charge in [0, 0.05) is 19.8 Å². The quantitative estimate of drug-likeness (QED) is 0.425. The molecule has 0 aliphatic heterocycles. The SMILES string of the molecule is CN(C)c1ccc(/C=N\N=C(N)N)cc1. The number of hydrogen-bond donors (Lipinski definition) is 2. The van der Waals surface area contributed by atoms with Crippen LogP contribution in [0.2, 0.25) is 0 Å². The van der Waals surface area contributed by atoms with E-state index in [1.54, 1.807) is 6.21 Å². The number of anilines is 1. The van der Waals surface area contributed by atoms with Crippen LogP contribution in [0.1, 0.15) is 5.56 Å². The summed E-state index contributed by atoms with van der Waals surface area (Å²) >= 11 is 0. The molecule has 0 atom stereocenters. The first-order valence-corrected chi connectivity index (χ1v) is 4.49. The van der Waals surface area contributed by atoms with E-state index in [9.17, 15) is 0 Å². The van der Waals surface area contributed by atoms with E-state index in [4.69, 9.17) is 11.5 Å². The first-order chi connectivity index (χ1) is 7.09. The second-order valence-corrected chi connectivity index (χ2v) is 3.26. The van der Waals surface area contributed by atoms with Crippen LogP contribution >= 0.6 is 0 Å². The van der Waals surface area contributed by atoms with Gasteiger partial charge in [-0.05, 0) is 17.7 Å². The van der Waals surface area contributed by atoms with Crippen LogP contribution in [0.5, 0.6) is 0 Å². The van der Waals surface area contributed by atoms with Gasteiger partial charge in [-0.25, -0.2) is 0 Å². The van der Waals surface area contributed by atoms with E-state index in [1.807, 2.05) is 43.3 Å². The van der Waals surface area contributed by atoms with E-state index >= 15 is 0 Å². The minimum atomic E-state index is -0.0452. The number of hydrogen-bond acceptors (Lipinski definition) is 3. The third-order valence-corrected chi connectivity index (χ3v) is 1.79. The molecular weight excluding hydrogens is 190 g/mol. The molecule has 0 radical (unpaired) electrons. The Balaban J connectivity index is 2.73. The van der Waals surface area contributed by atoms with Gasteiger partial charge in [-0.15, -0.1) is 5.10 Å². The zero-order valence-corrected chi connectivity index (χ0v) is 8.88. The van der Waals surface area contributed by atoms with Gasteiger partial charge in [0.1, 0.15) is 0 Å². The maximum absolute atomic E-state index is 5.13. The average Bonchev–Trinajstić information content (AvgIpc) is 2.18. The molecule has 0 spiro atoms. The zero-order valence-electron chi connectivity index (χ0n) is 8.88. The topological polar surface area (TPSA) is 80.0 Å². The van der Waals surface area contributed by atoms with Gasteiger partial charge in [0.15, 0.2) is 0 Å². The summed E-state index contributed by atoms with van der Waals surface area (Å²) in [5.41, 5.74) is 12.3. The molecule has 0 saturated heterocycles. The Labute approximate surface area is 89.1 Å². The van der Waals surface area contributed by atoms with Crippen molar-refractivity contribution in [3.63, 3.8) is 0 Å². The summed E-state index contributed by atoms with van der Waals surface area (Å²) in [6, 6.07) is 7.88. The largest absolute Gasteiger partial charge is 0.378 e. The molecule has 1 aromatic carbocycles. The van der Waals surface area contributed by atoms with Gasteiger partial charge in [-0.3, -0.25) is 0 Å². The Morgan fingerprint density at radius 3 is 2.27 bits per heavy atom. The monoisotopic (exact) mass is 205 g/mol. The molecule has 0 bridgehead atoms. The van der Waals surface area contributed by atoms with Crippen molar-refractivity contribution < 1.29 is 0 Å². The summed E-state index contributed by atoms with van der Waals surface area (Å²) in [6.07, 6.45) is 1.60. The Hall–Kier alpha value is -2.04.